The van der Waals surface area contributed by atoms with Crippen LogP contribution in [0.4, 0.5) is 4.39 Å². The monoisotopic (exact) mass is 476 g/mol. The van der Waals surface area contributed by atoms with Gasteiger partial charge in [-0.05, 0) is 71.1 Å². The number of esters is 2. The smallest absolute Gasteiger partial charge is 0.465 e. The quantitative estimate of drug-likeness (QED) is 0.184. The summed E-state index contributed by atoms with van der Waals surface area (Å²) >= 11 is 0. The number of rotatable bonds is 11. The van der Waals surface area contributed by atoms with E-state index in [9.17, 15) is 14.0 Å². The second kappa shape index (κ2) is 12.0. The molecule has 1 atom stereocenters. The van der Waals surface area contributed by atoms with E-state index in [0.717, 1.165) is 12.8 Å². The zero-order chi connectivity index (χ0) is 25.5. The van der Waals surface area contributed by atoms with Gasteiger partial charge in [-0.25, -0.2) is 4.39 Å². The molecule has 1 aliphatic rings. The predicted octanol–water partition coefficient (Wildman–Crippen LogP) is 5.40. The van der Waals surface area contributed by atoms with E-state index in [0.29, 0.717) is 17.5 Å². The van der Waals surface area contributed by atoms with Crippen molar-refractivity contribution in [2.45, 2.75) is 84.8 Å². The molecule has 1 fully saturated rings. The van der Waals surface area contributed by atoms with Gasteiger partial charge in [0.05, 0.1) is 24.4 Å². The van der Waals surface area contributed by atoms with Gasteiger partial charge < -0.3 is 18.8 Å². The van der Waals surface area contributed by atoms with Gasteiger partial charge in [-0.3, -0.25) is 9.59 Å². The van der Waals surface area contributed by atoms with Gasteiger partial charge >= 0.3 is 19.1 Å². The SMILES string of the molecule is CCCC/C=C(\B1OC(C)(C)C(C)(C)O1)C(c1ccc(F)cc1)C(C(=O)OCC)C(=O)OCC. The molecule has 0 spiro atoms. The standard InChI is InChI=1S/C26H38BFO6/c1-8-11-12-13-20(27-33-25(4,5)26(6,7)34-27)21(18-14-16-19(28)17-15-18)22(23(29)31-9-2)24(30)32-10-3/h13-17,21-22H,8-12H2,1-7H3/b20-13-. The van der Waals surface area contributed by atoms with Crippen molar-refractivity contribution in [3.05, 3.63) is 47.2 Å². The molecular weight excluding hydrogens is 438 g/mol. The summed E-state index contributed by atoms with van der Waals surface area (Å²) in [6, 6.07) is 5.77. The third-order valence-electron chi connectivity index (χ3n) is 6.47. The lowest BCUT2D eigenvalue weighted by Crippen LogP contribution is -2.41. The number of ether oxygens (including phenoxy) is 2. The second-order valence-corrected chi connectivity index (χ2v) is 9.45. The molecule has 2 rings (SSSR count). The molecular formula is C26H38BFO6. The number of hydrogen-bond acceptors (Lipinski definition) is 6. The second-order valence-electron chi connectivity index (χ2n) is 9.45. The Labute approximate surface area is 203 Å². The molecule has 8 heteroatoms. The molecule has 0 N–H and O–H groups in total. The van der Waals surface area contributed by atoms with Crippen molar-refractivity contribution in [3.63, 3.8) is 0 Å². The first-order valence-corrected chi connectivity index (χ1v) is 12.1. The molecule has 0 saturated carbocycles. The van der Waals surface area contributed by atoms with Crippen molar-refractivity contribution in [2.24, 2.45) is 5.92 Å². The molecule has 1 unspecified atom stereocenters. The Bertz CT molecular complexity index is 831. The summed E-state index contributed by atoms with van der Waals surface area (Å²) in [7, 11) is -0.803. The Kier molecular flexibility index (Phi) is 9.89. The molecule has 1 heterocycles. The van der Waals surface area contributed by atoms with Crippen LogP contribution in [-0.4, -0.2) is 43.5 Å². The Hall–Kier alpha value is -2.19. The minimum Gasteiger partial charge on any atom is -0.465 e. The number of unbranched alkanes of at least 4 members (excludes halogenated alkanes) is 2. The molecule has 1 aromatic rings. The van der Waals surface area contributed by atoms with Crippen LogP contribution in [0.1, 0.15) is 79.2 Å². The third-order valence-corrected chi connectivity index (χ3v) is 6.47. The van der Waals surface area contributed by atoms with E-state index >= 15 is 0 Å². The number of benzene rings is 1. The van der Waals surface area contributed by atoms with E-state index in [-0.39, 0.29) is 13.2 Å². The molecule has 34 heavy (non-hydrogen) atoms. The first kappa shape index (κ1) is 28.1. The van der Waals surface area contributed by atoms with Crippen molar-refractivity contribution in [2.75, 3.05) is 13.2 Å². The van der Waals surface area contributed by atoms with Crippen LogP contribution >= 0.6 is 0 Å². The third kappa shape index (κ3) is 6.48. The van der Waals surface area contributed by atoms with E-state index in [1.165, 1.54) is 12.1 Å². The molecule has 6 nitrogen and oxygen atoms in total. The fourth-order valence-corrected chi connectivity index (χ4v) is 3.90. The average Bonchev–Trinajstić information content (AvgIpc) is 2.97. The normalized spacial score (nSPS) is 18.1. The first-order chi connectivity index (χ1) is 16.0. The highest BCUT2D eigenvalue weighted by Crippen LogP contribution is 2.44. The average molecular weight is 476 g/mol. The predicted molar refractivity (Wildman–Crippen MR) is 130 cm³/mol. The van der Waals surface area contributed by atoms with Gasteiger partial charge in [0.25, 0.3) is 0 Å². The number of carbonyl (C=O) groups excluding carboxylic acids is 2. The Balaban J connectivity index is 2.70. The highest BCUT2D eigenvalue weighted by Gasteiger charge is 2.55. The molecule has 0 radical (unpaired) electrons. The largest absolute Gasteiger partial charge is 0.490 e. The van der Waals surface area contributed by atoms with Gasteiger partial charge in [0.2, 0.25) is 0 Å². The molecule has 1 aliphatic heterocycles. The molecule has 188 valence electrons. The number of allylic oxidation sites excluding steroid dienone is 2. The van der Waals surface area contributed by atoms with Crippen molar-refractivity contribution in [3.8, 4) is 0 Å². The van der Waals surface area contributed by atoms with E-state index in [4.69, 9.17) is 18.8 Å². The Morgan fingerprint density at radius 1 is 0.971 bits per heavy atom. The van der Waals surface area contributed by atoms with Crippen molar-refractivity contribution >= 4 is 19.1 Å². The molecule has 1 aromatic carbocycles. The zero-order valence-corrected chi connectivity index (χ0v) is 21.5. The first-order valence-electron chi connectivity index (χ1n) is 12.1. The van der Waals surface area contributed by atoms with E-state index in [1.807, 2.05) is 33.8 Å². The van der Waals surface area contributed by atoms with Crippen LogP contribution in [0.25, 0.3) is 0 Å². The van der Waals surface area contributed by atoms with Gasteiger partial charge in [-0.1, -0.05) is 38.0 Å². The van der Waals surface area contributed by atoms with E-state index in [1.54, 1.807) is 26.0 Å². The van der Waals surface area contributed by atoms with Gasteiger partial charge in [-0.2, -0.15) is 0 Å². The molecule has 1 saturated heterocycles. The summed E-state index contributed by atoms with van der Waals surface area (Å²) in [4.78, 5) is 26.3. The lowest BCUT2D eigenvalue weighted by molar-refractivity contribution is -0.162. The summed E-state index contributed by atoms with van der Waals surface area (Å²) in [6.45, 7) is 13.4. The van der Waals surface area contributed by atoms with Gasteiger partial charge in [0.1, 0.15) is 5.82 Å². The molecule has 0 aliphatic carbocycles. The number of halogens is 1. The Morgan fingerprint density at radius 3 is 1.91 bits per heavy atom. The lowest BCUT2D eigenvalue weighted by Gasteiger charge is -2.32. The van der Waals surface area contributed by atoms with Gasteiger partial charge in [0.15, 0.2) is 5.92 Å². The minimum atomic E-state index is -1.29. The van der Waals surface area contributed by atoms with Crippen molar-refractivity contribution in [1.82, 2.24) is 0 Å². The highest BCUT2D eigenvalue weighted by atomic mass is 19.1. The molecule has 0 aromatic heterocycles. The van der Waals surface area contributed by atoms with Crippen LogP contribution in [0.3, 0.4) is 0 Å². The summed E-state index contributed by atoms with van der Waals surface area (Å²) in [6.07, 6.45) is 4.55. The lowest BCUT2D eigenvalue weighted by atomic mass is 9.64. The van der Waals surface area contributed by atoms with Gasteiger partial charge in [0, 0.05) is 5.92 Å². The maximum absolute atomic E-state index is 13.8. The van der Waals surface area contributed by atoms with E-state index < -0.39 is 47.9 Å². The highest BCUT2D eigenvalue weighted by molar-refractivity contribution is 6.55. The fraction of sp³-hybridized carbons (Fsp3) is 0.615. The summed E-state index contributed by atoms with van der Waals surface area (Å²) in [5.41, 5.74) is -0.0500. The minimum absolute atomic E-state index is 0.107. The van der Waals surface area contributed by atoms with Crippen molar-refractivity contribution in [1.29, 1.82) is 0 Å². The van der Waals surface area contributed by atoms with Crippen LogP contribution in [0.15, 0.2) is 35.8 Å². The van der Waals surface area contributed by atoms with Crippen LogP contribution in [0, 0.1) is 11.7 Å². The zero-order valence-electron chi connectivity index (χ0n) is 21.5. The molecule has 0 amide bonds. The maximum Gasteiger partial charge on any atom is 0.490 e. The van der Waals surface area contributed by atoms with E-state index in [2.05, 4.69) is 6.92 Å². The molecule has 0 bridgehead atoms. The summed E-state index contributed by atoms with van der Waals surface area (Å²) in [5.74, 6) is -3.93. The van der Waals surface area contributed by atoms with Gasteiger partial charge in [-0.15, -0.1) is 0 Å². The topological polar surface area (TPSA) is 71.1 Å². The van der Waals surface area contributed by atoms with Crippen LogP contribution in [-0.2, 0) is 28.4 Å². The number of hydrogen-bond donors (Lipinski definition) is 0. The Morgan fingerprint density at radius 2 is 1.47 bits per heavy atom. The van der Waals surface area contributed by atoms with Crippen LogP contribution < -0.4 is 0 Å². The van der Waals surface area contributed by atoms with Crippen LogP contribution in [0.5, 0.6) is 0 Å². The fourth-order valence-electron chi connectivity index (χ4n) is 3.90. The summed E-state index contributed by atoms with van der Waals surface area (Å²) in [5, 5.41) is 0. The van der Waals surface area contributed by atoms with Crippen molar-refractivity contribution < 1.29 is 32.8 Å². The summed E-state index contributed by atoms with van der Waals surface area (Å²) < 4.78 is 37.1. The maximum atomic E-state index is 13.8. The van der Waals surface area contributed by atoms with Crippen LogP contribution in [0.2, 0.25) is 0 Å². The number of carbonyl (C=O) groups is 2.